The quantitative estimate of drug-likeness (QED) is 0.250. The largest absolute Gasteiger partial charge is 0.357 e. The van der Waals surface area contributed by atoms with Crippen LogP contribution in [-0.2, 0) is 6.42 Å². The molecular weight excluding hydrogens is 525 g/mol. The van der Waals surface area contributed by atoms with Crippen molar-refractivity contribution < 1.29 is 4.79 Å². The summed E-state index contributed by atoms with van der Waals surface area (Å²) in [7, 11) is 5.74. The Morgan fingerprint density at radius 1 is 1.13 bits per heavy atom. The lowest BCUT2D eigenvalue weighted by molar-refractivity contribution is 0.0963. The van der Waals surface area contributed by atoms with E-state index in [0.29, 0.717) is 12.1 Å². The number of benzene rings is 2. The molecule has 31 heavy (non-hydrogen) atoms. The molecule has 8 heteroatoms. The Bertz CT molecular complexity index is 842. The summed E-state index contributed by atoms with van der Waals surface area (Å²) in [6, 6.07) is 15.7. The lowest BCUT2D eigenvalue weighted by atomic mass is 10.1. The first-order valence-electron chi connectivity index (χ1n) is 10.2. The van der Waals surface area contributed by atoms with Crippen molar-refractivity contribution in [1.29, 1.82) is 0 Å². The summed E-state index contributed by atoms with van der Waals surface area (Å²) >= 11 is 6.02. The second kappa shape index (κ2) is 14.3. The number of guanidine groups is 1. The molecule has 0 bridgehead atoms. The third kappa shape index (κ3) is 9.04. The first kappa shape index (κ1) is 27.2. The molecule has 2 aromatic carbocycles. The van der Waals surface area contributed by atoms with Crippen LogP contribution in [0.2, 0.25) is 5.02 Å². The molecule has 0 radical (unpaired) electrons. The standard InChI is InChI=1S/C23H32ClN5O.HI/c1-5-26-23(27-14-13-17-7-6-8-19(15-17)22(30)25-2)28-16-21(29(3)4)18-9-11-20(24)12-10-18;/h6-12,15,21H,5,13-14,16H2,1-4H3,(H,25,30)(H2,26,27,28);1H. The fourth-order valence-corrected chi connectivity index (χ4v) is 3.23. The van der Waals surface area contributed by atoms with Gasteiger partial charge < -0.3 is 20.9 Å². The first-order chi connectivity index (χ1) is 14.4. The summed E-state index contributed by atoms with van der Waals surface area (Å²) < 4.78 is 0. The van der Waals surface area contributed by atoms with Crippen molar-refractivity contribution in [2.45, 2.75) is 19.4 Å². The zero-order valence-electron chi connectivity index (χ0n) is 18.6. The average molecular weight is 558 g/mol. The minimum absolute atomic E-state index is 0. The van der Waals surface area contributed by atoms with Crippen molar-refractivity contribution in [1.82, 2.24) is 20.9 Å². The van der Waals surface area contributed by atoms with Crippen LogP contribution in [0.3, 0.4) is 0 Å². The van der Waals surface area contributed by atoms with Crippen molar-refractivity contribution in [3.8, 4) is 0 Å². The van der Waals surface area contributed by atoms with Gasteiger partial charge in [-0.3, -0.25) is 9.79 Å². The van der Waals surface area contributed by atoms with Gasteiger partial charge in [0.1, 0.15) is 0 Å². The minimum Gasteiger partial charge on any atom is -0.357 e. The number of carbonyl (C=O) groups is 1. The Morgan fingerprint density at radius 2 is 1.84 bits per heavy atom. The summed E-state index contributed by atoms with van der Waals surface area (Å²) in [5.41, 5.74) is 2.95. The van der Waals surface area contributed by atoms with Gasteiger partial charge in [-0.05, 0) is 62.8 Å². The smallest absolute Gasteiger partial charge is 0.251 e. The maximum absolute atomic E-state index is 11.8. The van der Waals surface area contributed by atoms with E-state index in [2.05, 4.69) is 34.9 Å². The Morgan fingerprint density at radius 3 is 2.45 bits per heavy atom. The fraction of sp³-hybridized carbons (Fsp3) is 0.391. The van der Waals surface area contributed by atoms with Crippen LogP contribution in [0.5, 0.6) is 0 Å². The number of aliphatic imine (C=N–C) groups is 1. The van der Waals surface area contributed by atoms with E-state index < -0.39 is 0 Å². The van der Waals surface area contributed by atoms with Crippen LogP contribution in [0.4, 0.5) is 0 Å². The summed E-state index contributed by atoms with van der Waals surface area (Å²) in [5.74, 6) is 0.706. The lowest BCUT2D eigenvalue weighted by Gasteiger charge is -2.24. The van der Waals surface area contributed by atoms with Crippen LogP contribution >= 0.6 is 35.6 Å². The minimum atomic E-state index is -0.0726. The zero-order chi connectivity index (χ0) is 21.9. The molecule has 2 aromatic rings. The molecule has 170 valence electrons. The second-order valence-corrected chi connectivity index (χ2v) is 7.64. The van der Waals surface area contributed by atoms with E-state index in [1.807, 2.05) is 55.5 Å². The van der Waals surface area contributed by atoms with Gasteiger partial charge in [-0.2, -0.15) is 0 Å². The van der Waals surface area contributed by atoms with Gasteiger partial charge in [0.15, 0.2) is 5.96 Å². The molecule has 3 N–H and O–H groups in total. The molecule has 0 aliphatic carbocycles. The van der Waals surface area contributed by atoms with E-state index in [0.717, 1.165) is 36.1 Å². The molecule has 6 nitrogen and oxygen atoms in total. The van der Waals surface area contributed by atoms with Crippen molar-refractivity contribution in [3.05, 3.63) is 70.2 Å². The third-order valence-corrected chi connectivity index (χ3v) is 5.02. The number of halogens is 2. The molecule has 0 aliphatic heterocycles. The van der Waals surface area contributed by atoms with Gasteiger partial charge in [-0.15, -0.1) is 24.0 Å². The van der Waals surface area contributed by atoms with Crippen LogP contribution in [-0.4, -0.2) is 57.5 Å². The van der Waals surface area contributed by atoms with Gasteiger partial charge >= 0.3 is 0 Å². The monoisotopic (exact) mass is 557 g/mol. The molecule has 0 aromatic heterocycles. The molecule has 2 rings (SSSR count). The number of nitrogens with one attached hydrogen (secondary N) is 3. The van der Waals surface area contributed by atoms with E-state index in [-0.39, 0.29) is 35.9 Å². The Hall–Kier alpha value is -1.84. The van der Waals surface area contributed by atoms with Crippen molar-refractivity contribution in [2.24, 2.45) is 4.99 Å². The van der Waals surface area contributed by atoms with Crippen molar-refractivity contribution >= 4 is 47.4 Å². The summed E-state index contributed by atoms with van der Waals surface area (Å²) in [5, 5.41) is 10.1. The molecule has 0 saturated heterocycles. The normalized spacial score (nSPS) is 12.1. The van der Waals surface area contributed by atoms with Crippen LogP contribution in [0, 0.1) is 0 Å². The van der Waals surface area contributed by atoms with Gasteiger partial charge in [0.25, 0.3) is 5.91 Å². The fourth-order valence-electron chi connectivity index (χ4n) is 3.11. The maximum Gasteiger partial charge on any atom is 0.251 e. The molecule has 0 spiro atoms. The molecule has 0 heterocycles. The number of nitrogens with zero attached hydrogens (tertiary/aromatic N) is 2. The Labute approximate surface area is 207 Å². The molecule has 0 saturated carbocycles. The lowest BCUT2D eigenvalue weighted by Crippen LogP contribution is -2.39. The Balaban J connectivity index is 0.00000480. The molecular formula is C23H33ClIN5O. The van der Waals surface area contributed by atoms with Crippen LogP contribution in [0.1, 0.15) is 34.5 Å². The van der Waals surface area contributed by atoms with E-state index in [4.69, 9.17) is 16.6 Å². The Kier molecular flexibility index (Phi) is 12.5. The molecule has 1 amide bonds. The van der Waals surface area contributed by atoms with E-state index in [1.54, 1.807) is 7.05 Å². The number of hydrogen-bond acceptors (Lipinski definition) is 3. The third-order valence-electron chi connectivity index (χ3n) is 4.77. The molecule has 0 fully saturated rings. The molecule has 1 atom stereocenters. The van der Waals surface area contributed by atoms with E-state index >= 15 is 0 Å². The van der Waals surface area contributed by atoms with Gasteiger partial charge in [0.05, 0.1) is 12.6 Å². The number of hydrogen-bond donors (Lipinski definition) is 3. The second-order valence-electron chi connectivity index (χ2n) is 7.21. The number of rotatable bonds is 9. The summed E-state index contributed by atoms with van der Waals surface area (Å²) in [4.78, 5) is 18.7. The zero-order valence-corrected chi connectivity index (χ0v) is 21.7. The van der Waals surface area contributed by atoms with Crippen LogP contribution < -0.4 is 16.0 Å². The predicted octanol–water partition coefficient (Wildman–Crippen LogP) is 3.72. The first-order valence-corrected chi connectivity index (χ1v) is 10.6. The number of carbonyl (C=O) groups excluding carboxylic acids is 1. The van der Waals surface area contributed by atoms with Crippen molar-refractivity contribution in [3.63, 3.8) is 0 Å². The average Bonchev–Trinajstić information content (AvgIpc) is 2.74. The van der Waals surface area contributed by atoms with Crippen LogP contribution in [0.25, 0.3) is 0 Å². The highest BCUT2D eigenvalue weighted by Gasteiger charge is 2.14. The highest BCUT2D eigenvalue weighted by molar-refractivity contribution is 14.0. The highest BCUT2D eigenvalue weighted by Crippen LogP contribution is 2.20. The van der Waals surface area contributed by atoms with E-state index in [1.165, 1.54) is 5.56 Å². The predicted molar refractivity (Wildman–Crippen MR) is 141 cm³/mol. The summed E-state index contributed by atoms with van der Waals surface area (Å²) in [6.07, 6.45) is 0.795. The topological polar surface area (TPSA) is 68.8 Å². The highest BCUT2D eigenvalue weighted by atomic mass is 127. The van der Waals surface area contributed by atoms with Gasteiger partial charge in [-0.25, -0.2) is 0 Å². The van der Waals surface area contributed by atoms with Gasteiger partial charge in [-0.1, -0.05) is 35.9 Å². The van der Waals surface area contributed by atoms with Crippen molar-refractivity contribution in [2.75, 3.05) is 40.8 Å². The van der Waals surface area contributed by atoms with Gasteiger partial charge in [0.2, 0.25) is 0 Å². The van der Waals surface area contributed by atoms with Gasteiger partial charge in [0, 0.05) is 30.7 Å². The SMILES string of the molecule is CCNC(=NCC(c1ccc(Cl)cc1)N(C)C)NCCc1cccc(C(=O)NC)c1.I. The molecule has 1 unspecified atom stereocenters. The van der Waals surface area contributed by atoms with Crippen LogP contribution in [0.15, 0.2) is 53.5 Å². The number of amides is 1. The maximum atomic E-state index is 11.8. The molecule has 0 aliphatic rings. The number of likely N-dealkylation sites (N-methyl/N-ethyl adjacent to an activating group) is 1. The summed E-state index contributed by atoms with van der Waals surface area (Å²) in [6.45, 7) is 4.17. The van der Waals surface area contributed by atoms with E-state index in [9.17, 15) is 4.79 Å².